The molecule has 1 aliphatic rings. The first-order valence-electron chi connectivity index (χ1n) is 4.43. The summed E-state index contributed by atoms with van der Waals surface area (Å²) in [5.74, 6) is 0.444. The molecule has 14 heavy (non-hydrogen) atoms. The summed E-state index contributed by atoms with van der Waals surface area (Å²) in [7, 11) is 0. The standard InChI is InChI=1S/C9H9Cl2N3/c1-5-2-3-6-7(12-4-5)8(10)14-9(11)13-6/h4-5H,2-3H2,1H3. The van der Waals surface area contributed by atoms with Gasteiger partial charge in [-0.05, 0) is 30.4 Å². The fourth-order valence-electron chi connectivity index (χ4n) is 1.39. The molecule has 0 saturated carbocycles. The van der Waals surface area contributed by atoms with E-state index in [-0.39, 0.29) is 5.28 Å². The molecule has 1 atom stereocenters. The number of hydrogen-bond acceptors (Lipinski definition) is 3. The van der Waals surface area contributed by atoms with E-state index in [9.17, 15) is 0 Å². The Morgan fingerprint density at radius 1 is 1.36 bits per heavy atom. The predicted octanol–water partition coefficient (Wildman–Crippen LogP) is 3.07. The van der Waals surface area contributed by atoms with Crippen molar-refractivity contribution in [1.82, 2.24) is 9.97 Å². The maximum atomic E-state index is 5.92. The number of aromatic nitrogens is 2. The van der Waals surface area contributed by atoms with Crippen molar-refractivity contribution in [2.75, 3.05) is 0 Å². The van der Waals surface area contributed by atoms with Gasteiger partial charge in [-0.15, -0.1) is 0 Å². The molecule has 1 aliphatic heterocycles. The van der Waals surface area contributed by atoms with Gasteiger partial charge in [0, 0.05) is 6.21 Å². The van der Waals surface area contributed by atoms with Gasteiger partial charge in [-0.2, -0.15) is 0 Å². The van der Waals surface area contributed by atoms with Crippen LogP contribution in [-0.2, 0) is 6.42 Å². The van der Waals surface area contributed by atoms with Crippen LogP contribution in [0.1, 0.15) is 19.0 Å². The molecule has 0 spiro atoms. The summed E-state index contributed by atoms with van der Waals surface area (Å²) in [5, 5.41) is 0.531. The number of hydrogen-bond donors (Lipinski definition) is 0. The van der Waals surface area contributed by atoms with Crippen molar-refractivity contribution in [3.63, 3.8) is 0 Å². The Morgan fingerprint density at radius 2 is 2.14 bits per heavy atom. The van der Waals surface area contributed by atoms with Crippen LogP contribution in [0.15, 0.2) is 4.99 Å². The van der Waals surface area contributed by atoms with E-state index in [1.54, 1.807) is 0 Å². The highest BCUT2D eigenvalue weighted by Crippen LogP contribution is 2.30. The van der Waals surface area contributed by atoms with E-state index in [1.807, 2.05) is 6.21 Å². The van der Waals surface area contributed by atoms with E-state index in [1.165, 1.54) is 0 Å². The number of fused-ring (bicyclic) bond motifs is 1. The van der Waals surface area contributed by atoms with Gasteiger partial charge in [0.2, 0.25) is 5.28 Å². The van der Waals surface area contributed by atoms with Gasteiger partial charge in [0.25, 0.3) is 0 Å². The third kappa shape index (κ3) is 1.88. The van der Waals surface area contributed by atoms with Crippen LogP contribution in [0.3, 0.4) is 0 Å². The smallest absolute Gasteiger partial charge is 0.224 e. The van der Waals surface area contributed by atoms with Crippen molar-refractivity contribution < 1.29 is 0 Å². The SMILES string of the molecule is CC1C=Nc2c(Cl)nc(Cl)nc2CC1. The molecule has 74 valence electrons. The molecule has 5 heteroatoms. The highest BCUT2D eigenvalue weighted by molar-refractivity contribution is 6.33. The van der Waals surface area contributed by atoms with Crippen LogP contribution in [-0.4, -0.2) is 16.2 Å². The summed E-state index contributed by atoms with van der Waals surface area (Å²) in [5.41, 5.74) is 1.51. The number of nitrogens with zero attached hydrogens (tertiary/aromatic N) is 3. The van der Waals surface area contributed by atoms with E-state index >= 15 is 0 Å². The Morgan fingerprint density at radius 3 is 2.93 bits per heavy atom. The fourth-order valence-corrected chi connectivity index (χ4v) is 1.85. The molecule has 1 unspecified atom stereocenters. The highest BCUT2D eigenvalue weighted by atomic mass is 35.5. The first-order chi connectivity index (χ1) is 6.66. The van der Waals surface area contributed by atoms with Gasteiger partial charge in [-0.3, -0.25) is 4.99 Å². The predicted molar refractivity (Wildman–Crippen MR) is 57.7 cm³/mol. The van der Waals surface area contributed by atoms with Gasteiger partial charge in [-0.25, -0.2) is 9.97 Å². The summed E-state index contributed by atoms with van der Waals surface area (Å²) >= 11 is 11.6. The van der Waals surface area contributed by atoms with Crippen LogP contribution >= 0.6 is 23.2 Å². The zero-order valence-corrected chi connectivity index (χ0v) is 9.18. The van der Waals surface area contributed by atoms with Crippen LogP contribution in [0.4, 0.5) is 5.69 Å². The summed E-state index contributed by atoms with van der Waals surface area (Å²) in [6, 6.07) is 0. The minimum Gasteiger partial charge on any atom is -0.256 e. The summed E-state index contributed by atoms with van der Waals surface area (Å²) < 4.78 is 0. The lowest BCUT2D eigenvalue weighted by Gasteiger charge is -2.03. The van der Waals surface area contributed by atoms with Crippen LogP contribution in [0.25, 0.3) is 0 Å². The second-order valence-electron chi connectivity index (χ2n) is 3.37. The van der Waals surface area contributed by atoms with Crippen molar-refractivity contribution in [2.45, 2.75) is 19.8 Å². The Kier molecular flexibility index (Phi) is 2.70. The average Bonchev–Trinajstić information content (AvgIpc) is 2.28. The van der Waals surface area contributed by atoms with Gasteiger partial charge >= 0.3 is 0 Å². The summed E-state index contributed by atoms with van der Waals surface area (Å²) in [6.07, 6.45) is 3.74. The van der Waals surface area contributed by atoms with E-state index < -0.39 is 0 Å². The highest BCUT2D eigenvalue weighted by Gasteiger charge is 2.15. The van der Waals surface area contributed by atoms with E-state index in [0.29, 0.717) is 16.8 Å². The zero-order chi connectivity index (χ0) is 10.1. The first-order valence-corrected chi connectivity index (χ1v) is 5.18. The zero-order valence-electron chi connectivity index (χ0n) is 7.67. The molecule has 3 nitrogen and oxygen atoms in total. The first kappa shape index (κ1) is 9.87. The topological polar surface area (TPSA) is 38.1 Å². The van der Waals surface area contributed by atoms with E-state index in [0.717, 1.165) is 18.5 Å². The summed E-state index contributed by atoms with van der Waals surface area (Å²) in [4.78, 5) is 12.3. The van der Waals surface area contributed by atoms with Crippen LogP contribution in [0.2, 0.25) is 10.4 Å². The van der Waals surface area contributed by atoms with Gasteiger partial charge in [0.1, 0.15) is 5.69 Å². The molecule has 0 aliphatic carbocycles. The molecule has 0 fully saturated rings. The van der Waals surface area contributed by atoms with E-state index in [2.05, 4.69) is 21.9 Å². The minimum absolute atomic E-state index is 0.193. The van der Waals surface area contributed by atoms with Gasteiger partial charge in [-0.1, -0.05) is 18.5 Å². The maximum Gasteiger partial charge on any atom is 0.224 e. The van der Waals surface area contributed by atoms with Gasteiger partial charge in [0.15, 0.2) is 5.15 Å². The monoisotopic (exact) mass is 229 g/mol. The number of halogens is 2. The molecule has 1 aromatic heterocycles. The van der Waals surface area contributed by atoms with Crippen molar-refractivity contribution in [1.29, 1.82) is 0 Å². The molecule has 2 heterocycles. The maximum absolute atomic E-state index is 5.92. The lowest BCUT2D eigenvalue weighted by Crippen LogP contribution is -1.97. The molecule has 0 aromatic carbocycles. The van der Waals surface area contributed by atoms with Gasteiger partial charge < -0.3 is 0 Å². The molecule has 1 aromatic rings. The van der Waals surface area contributed by atoms with Gasteiger partial charge in [0.05, 0.1) is 5.69 Å². The van der Waals surface area contributed by atoms with Crippen LogP contribution in [0, 0.1) is 5.92 Å². The molecular formula is C9H9Cl2N3. The number of rotatable bonds is 0. The number of aliphatic imine (C=N–C) groups is 1. The molecule has 0 N–H and O–H groups in total. The van der Waals surface area contributed by atoms with Crippen molar-refractivity contribution in [3.8, 4) is 0 Å². The largest absolute Gasteiger partial charge is 0.256 e. The summed E-state index contributed by atoms with van der Waals surface area (Å²) in [6.45, 7) is 2.11. The normalized spacial score (nSPS) is 20.4. The Bertz CT molecular complexity index is 390. The average molecular weight is 230 g/mol. The molecule has 0 amide bonds. The molecule has 0 radical (unpaired) electrons. The Hall–Kier alpha value is -0.670. The molecule has 0 bridgehead atoms. The Labute approximate surface area is 92.2 Å². The molecular weight excluding hydrogens is 221 g/mol. The quantitative estimate of drug-likeness (QED) is 0.507. The number of aryl methyl sites for hydroxylation is 1. The fraction of sp³-hybridized carbons (Fsp3) is 0.444. The molecule has 2 rings (SSSR count). The van der Waals surface area contributed by atoms with E-state index in [4.69, 9.17) is 23.2 Å². The minimum atomic E-state index is 0.193. The third-order valence-electron chi connectivity index (χ3n) is 2.18. The lowest BCUT2D eigenvalue weighted by molar-refractivity contribution is 0.691. The Balaban J connectivity index is 2.51. The lowest BCUT2D eigenvalue weighted by atomic mass is 10.1. The van der Waals surface area contributed by atoms with Crippen LogP contribution < -0.4 is 0 Å². The second-order valence-corrected chi connectivity index (χ2v) is 4.07. The van der Waals surface area contributed by atoms with Crippen LogP contribution in [0.5, 0.6) is 0 Å². The van der Waals surface area contributed by atoms with Crippen molar-refractivity contribution in [3.05, 3.63) is 16.1 Å². The third-order valence-corrected chi connectivity index (χ3v) is 2.61. The van der Waals surface area contributed by atoms with Crippen molar-refractivity contribution in [2.24, 2.45) is 10.9 Å². The van der Waals surface area contributed by atoms with Crippen molar-refractivity contribution >= 4 is 35.1 Å². The second kappa shape index (κ2) is 3.83. The molecule has 0 saturated heterocycles.